The van der Waals surface area contributed by atoms with Crippen molar-refractivity contribution in [1.82, 2.24) is 14.5 Å². The van der Waals surface area contributed by atoms with E-state index in [2.05, 4.69) is 38.6 Å². The lowest BCUT2D eigenvalue weighted by molar-refractivity contribution is -0.137. The lowest BCUT2D eigenvalue weighted by Gasteiger charge is -2.09. The molecule has 4 rings (SSSR count). The Kier molecular flexibility index (Phi) is 4.65. The largest absolute Gasteiger partial charge is 0.416 e. The summed E-state index contributed by atoms with van der Waals surface area (Å²) in [4.78, 5) is 8.92. The summed E-state index contributed by atoms with van der Waals surface area (Å²) in [5, 5.41) is 0.895. The molecule has 142 valence electrons. The predicted molar refractivity (Wildman–Crippen MR) is 112 cm³/mol. The maximum Gasteiger partial charge on any atom is 0.416 e. The Hall–Kier alpha value is -2.42. The van der Waals surface area contributed by atoms with Crippen LogP contribution in [-0.2, 0) is 13.2 Å². The fraction of sp³-hybridized carbons (Fsp3) is 0.143. The van der Waals surface area contributed by atoms with Gasteiger partial charge in [0.25, 0.3) is 0 Å². The first kappa shape index (κ1) is 18.9. The van der Waals surface area contributed by atoms with Crippen molar-refractivity contribution in [2.75, 3.05) is 0 Å². The van der Waals surface area contributed by atoms with Gasteiger partial charge < -0.3 is 4.57 Å². The second kappa shape index (κ2) is 6.88. The molecule has 28 heavy (non-hydrogen) atoms. The van der Waals surface area contributed by atoms with Crippen LogP contribution in [0.5, 0.6) is 0 Å². The number of nitrogens with zero attached hydrogens (tertiary/aromatic N) is 3. The molecular weight excluding hydrogens is 478 g/mol. The zero-order valence-corrected chi connectivity index (χ0v) is 17.2. The second-order valence-electron chi connectivity index (χ2n) is 6.59. The van der Waals surface area contributed by atoms with Gasteiger partial charge in [-0.15, -0.1) is 0 Å². The number of alkyl halides is 3. The van der Waals surface area contributed by atoms with Crippen LogP contribution in [0.3, 0.4) is 0 Å². The Morgan fingerprint density at radius 2 is 1.68 bits per heavy atom. The first-order valence-corrected chi connectivity index (χ1v) is 9.59. The van der Waals surface area contributed by atoms with Gasteiger partial charge in [0.2, 0.25) is 0 Å². The van der Waals surface area contributed by atoms with Crippen molar-refractivity contribution in [3.63, 3.8) is 0 Å². The van der Waals surface area contributed by atoms with Crippen LogP contribution >= 0.6 is 22.6 Å². The van der Waals surface area contributed by atoms with E-state index in [0.29, 0.717) is 5.56 Å². The van der Waals surface area contributed by atoms with Gasteiger partial charge in [0.05, 0.1) is 25.9 Å². The van der Waals surface area contributed by atoms with Crippen molar-refractivity contribution in [1.29, 1.82) is 0 Å². The highest BCUT2D eigenvalue weighted by Gasteiger charge is 2.30. The van der Waals surface area contributed by atoms with Crippen molar-refractivity contribution in [3.05, 3.63) is 69.6 Å². The average Bonchev–Trinajstić information content (AvgIpc) is 2.92. The number of fused-ring (bicyclic) bond motifs is 1. The smallest absolute Gasteiger partial charge is 0.327 e. The van der Waals surface area contributed by atoms with Gasteiger partial charge in [-0.3, -0.25) is 0 Å². The summed E-state index contributed by atoms with van der Waals surface area (Å²) in [5.41, 5.74) is 4.52. The standard InChI is InChI=1S/C21H15F3IN3/c1-12-4-3-5-14(10-12)18-16-17(25)19(28(2)20(16)27-11-26-18)13-6-8-15(9-7-13)21(22,23)24/h3-11H,1-2H3. The van der Waals surface area contributed by atoms with E-state index in [9.17, 15) is 13.2 Å². The molecule has 0 aliphatic carbocycles. The molecule has 2 aromatic carbocycles. The number of rotatable bonds is 2. The van der Waals surface area contributed by atoms with Crippen molar-refractivity contribution >= 4 is 33.6 Å². The van der Waals surface area contributed by atoms with Crippen LogP contribution in [0.15, 0.2) is 54.9 Å². The maximum absolute atomic E-state index is 12.9. The van der Waals surface area contributed by atoms with Gasteiger partial charge in [0, 0.05) is 12.6 Å². The zero-order valence-electron chi connectivity index (χ0n) is 15.0. The Morgan fingerprint density at radius 1 is 0.964 bits per heavy atom. The molecule has 0 aliphatic heterocycles. The Morgan fingerprint density at radius 3 is 2.32 bits per heavy atom. The van der Waals surface area contributed by atoms with Gasteiger partial charge in [0.15, 0.2) is 0 Å². The van der Waals surface area contributed by atoms with Crippen LogP contribution in [0.1, 0.15) is 11.1 Å². The van der Waals surface area contributed by atoms with Crippen LogP contribution in [-0.4, -0.2) is 14.5 Å². The minimum absolute atomic E-state index is 0.662. The van der Waals surface area contributed by atoms with E-state index in [1.807, 2.05) is 36.7 Å². The first-order chi connectivity index (χ1) is 13.3. The number of aromatic nitrogens is 3. The zero-order chi connectivity index (χ0) is 20.1. The Balaban J connectivity index is 1.93. The summed E-state index contributed by atoms with van der Waals surface area (Å²) in [5.74, 6) is 0. The Bertz CT molecular complexity index is 1180. The lowest BCUT2D eigenvalue weighted by Crippen LogP contribution is -2.04. The van der Waals surface area contributed by atoms with Gasteiger partial charge in [-0.25, -0.2) is 9.97 Å². The molecule has 0 amide bonds. The van der Waals surface area contributed by atoms with E-state index in [0.717, 1.165) is 49.3 Å². The number of hydrogen-bond acceptors (Lipinski definition) is 2. The van der Waals surface area contributed by atoms with Crippen LogP contribution in [0.25, 0.3) is 33.5 Å². The average molecular weight is 493 g/mol. The van der Waals surface area contributed by atoms with E-state index in [4.69, 9.17) is 0 Å². The molecule has 0 aliphatic rings. The van der Waals surface area contributed by atoms with Gasteiger partial charge in [-0.2, -0.15) is 13.2 Å². The molecule has 0 saturated carbocycles. The normalized spacial score (nSPS) is 11.9. The quantitative estimate of drug-likeness (QED) is 0.310. The van der Waals surface area contributed by atoms with Crippen LogP contribution in [0, 0.1) is 10.5 Å². The first-order valence-electron chi connectivity index (χ1n) is 8.51. The summed E-state index contributed by atoms with van der Waals surface area (Å²) in [7, 11) is 1.87. The molecule has 0 atom stereocenters. The molecular formula is C21H15F3IN3. The fourth-order valence-electron chi connectivity index (χ4n) is 3.35. The third-order valence-corrected chi connectivity index (χ3v) is 5.74. The number of hydrogen-bond donors (Lipinski definition) is 0. The van der Waals surface area contributed by atoms with Gasteiger partial charge in [-0.1, -0.05) is 35.9 Å². The third-order valence-electron chi connectivity index (χ3n) is 4.68. The summed E-state index contributed by atoms with van der Waals surface area (Å²) in [6.45, 7) is 2.02. The maximum atomic E-state index is 12.9. The fourth-order valence-corrected chi connectivity index (χ4v) is 4.52. The monoisotopic (exact) mass is 493 g/mol. The third kappa shape index (κ3) is 3.17. The highest BCUT2D eigenvalue weighted by atomic mass is 127. The van der Waals surface area contributed by atoms with Crippen molar-refractivity contribution in [2.45, 2.75) is 13.1 Å². The summed E-state index contributed by atoms with van der Waals surface area (Å²) >= 11 is 2.23. The molecule has 0 unspecified atom stereocenters. The molecule has 0 spiro atoms. The van der Waals surface area contributed by atoms with Gasteiger partial charge in [0.1, 0.15) is 12.0 Å². The molecule has 0 fully saturated rings. The Labute approximate surface area is 173 Å². The molecule has 7 heteroatoms. The van der Waals surface area contributed by atoms with E-state index in [1.165, 1.54) is 18.5 Å². The molecule has 0 radical (unpaired) electrons. The number of benzene rings is 2. The molecule has 0 saturated heterocycles. The van der Waals surface area contributed by atoms with Gasteiger partial charge in [-0.05, 0) is 53.3 Å². The highest BCUT2D eigenvalue weighted by molar-refractivity contribution is 14.1. The van der Waals surface area contributed by atoms with Crippen LogP contribution in [0.4, 0.5) is 13.2 Å². The minimum Gasteiger partial charge on any atom is -0.327 e. The summed E-state index contributed by atoms with van der Waals surface area (Å²) in [6, 6.07) is 13.3. The van der Waals surface area contributed by atoms with E-state index in [-0.39, 0.29) is 0 Å². The highest BCUT2D eigenvalue weighted by Crippen LogP contribution is 2.38. The SMILES string of the molecule is Cc1cccc(-c2ncnc3c2c(I)c(-c2ccc(C(F)(F)F)cc2)n3C)c1. The molecule has 3 nitrogen and oxygen atoms in total. The minimum atomic E-state index is -4.35. The van der Waals surface area contributed by atoms with Crippen LogP contribution < -0.4 is 0 Å². The van der Waals surface area contributed by atoms with E-state index >= 15 is 0 Å². The molecule has 0 N–H and O–H groups in total. The predicted octanol–water partition coefficient (Wildman–Crippen LogP) is 6.23. The second-order valence-corrected chi connectivity index (χ2v) is 7.67. The van der Waals surface area contributed by atoms with Crippen LogP contribution in [0.2, 0.25) is 0 Å². The van der Waals surface area contributed by atoms with Crippen molar-refractivity contribution < 1.29 is 13.2 Å². The van der Waals surface area contributed by atoms with E-state index in [1.54, 1.807) is 0 Å². The van der Waals surface area contributed by atoms with Crippen molar-refractivity contribution in [2.24, 2.45) is 7.05 Å². The summed E-state index contributed by atoms with van der Waals surface area (Å²) in [6.07, 6.45) is -2.83. The molecule has 4 aromatic rings. The lowest BCUT2D eigenvalue weighted by atomic mass is 10.1. The number of halogens is 4. The molecule has 0 bridgehead atoms. The number of aryl methyl sites for hydroxylation is 2. The molecule has 2 heterocycles. The topological polar surface area (TPSA) is 30.7 Å². The van der Waals surface area contributed by atoms with Crippen molar-refractivity contribution in [3.8, 4) is 22.5 Å². The molecule has 2 aromatic heterocycles. The van der Waals surface area contributed by atoms with E-state index < -0.39 is 11.7 Å². The van der Waals surface area contributed by atoms with Gasteiger partial charge >= 0.3 is 6.18 Å². The summed E-state index contributed by atoms with van der Waals surface area (Å²) < 4.78 is 41.5.